The van der Waals surface area contributed by atoms with E-state index in [1.54, 1.807) is 12.1 Å². The fourth-order valence-electron chi connectivity index (χ4n) is 2.49. The zero-order chi connectivity index (χ0) is 19.9. The van der Waals surface area contributed by atoms with Gasteiger partial charge in [-0.3, -0.25) is 9.59 Å². The summed E-state index contributed by atoms with van der Waals surface area (Å²) in [5, 5.41) is 2.93. The molecule has 0 heterocycles. The van der Waals surface area contributed by atoms with Crippen LogP contribution in [0.3, 0.4) is 0 Å². The Labute approximate surface area is 165 Å². The summed E-state index contributed by atoms with van der Waals surface area (Å²) < 4.78 is 5.39. The Morgan fingerprint density at radius 1 is 1.07 bits per heavy atom. The number of rotatable bonds is 8. The van der Waals surface area contributed by atoms with Gasteiger partial charge in [0.25, 0.3) is 0 Å². The number of carbonyl (C=O) groups excluding carboxylic acids is 2. The molecule has 0 aliphatic carbocycles. The molecule has 0 aliphatic heterocycles. The topological polar surface area (TPSA) is 55.4 Å². The van der Waals surface area contributed by atoms with Crippen LogP contribution >= 0.6 is 11.8 Å². The van der Waals surface area contributed by atoms with Gasteiger partial charge in [-0.25, -0.2) is 0 Å². The number of ketones is 1. The van der Waals surface area contributed by atoms with Crippen molar-refractivity contribution in [3.05, 3.63) is 54.1 Å². The summed E-state index contributed by atoms with van der Waals surface area (Å²) in [6.45, 7) is 8.63. The zero-order valence-corrected chi connectivity index (χ0v) is 17.2. The quantitative estimate of drug-likeness (QED) is 0.486. The Hall–Kier alpha value is -2.27. The molecule has 0 radical (unpaired) electrons. The lowest BCUT2D eigenvalue weighted by Crippen LogP contribution is -2.19. The van der Waals surface area contributed by atoms with Gasteiger partial charge in [-0.2, -0.15) is 0 Å². The number of anilines is 1. The maximum absolute atomic E-state index is 12.4. The number of carbonyl (C=O) groups is 2. The molecule has 0 aromatic heterocycles. The summed E-state index contributed by atoms with van der Waals surface area (Å²) in [7, 11) is 0. The number of hydrogen-bond donors (Lipinski definition) is 1. The van der Waals surface area contributed by atoms with E-state index >= 15 is 0 Å². The van der Waals surface area contributed by atoms with Crippen LogP contribution in [-0.2, 0) is 4.79 Å². The Morgan fingerprint density at radius 2 is 1.78 bits per heavy atom. The van der Waals surface area contributed by atoms with Crippen LogP contribution in [0.1, 0.15) is 44.5 Å². The molecular weight excluding hydrogens is 358 g/mol. The minimum atomic E-state index is -0.0550. The maximum atomic E-state index is 12.4. The first kappa shape index (κ1) is 21.0. The molecule has 0 atom stereocenters. The van der Waals surface area contributed by atoms with Crippen molar-refractivity contribution in [3.63, 3.8) is 0 Å². The SMILES string of the molecule is CCOc1ccc(C(=O)CSc2cccc(NC(=O)CC(C)(C)C)c2)cc1. The number of amides is 1. The predicted octanol–water partition coefficient (Wildman–Crippen LogP) is 5.44. The van der Waals surface area contributed by atoms with E-state index in [1.165, 1.54) is 11.8 Å². The van der Waals surface area contributed by atoms with E-state index in [0.29, 0.717) is 24.3 Å². The molecule has 2 rings (SSSR count). The van der Waals surface area contributed by atoms with Crippen LogP contribution in [0, 0.1) is 5.41 Å². The minimum absolute atomic E-state index is 0.00452. The van der Waals surface area contributed by atoms with Crippen molar-refractivity contribution < 1.29 is 14.3 Å². The van der Waals surface area contributed by atoms with Gasteiger partial charge in [-0.15, -0.1) is 11.8 Å². The van der Waals surface area contributed by atoms with Crippen LogP contribution in [0.4, 0.5) is 5.69 Å². The molecule has 1 amide bonds. The van der Waals surface area contributed by atoms with Crippen LogP contribution in [0.5, 0.6) is 5.75 Å². The lowest BCUT2D eigenvalue weighted by molar-refractivity contribution is -0.117. The molecular formula is C22H27NO3S. The molecule has 1 N–H and O–H groups in total. The molecule has 0 unspecified atom stereocenters. The summed E-state index contributed by atoms with van der Waals surface area (Å²) in [5.41, 5.74) is 1.36. The third kappa shape index (κ3) is 7.47. The zero-order valence-electron chi connectivity index (χ0n) is 16.4. The smallest absolute Gasteiger partial charge is 0.224 e. The highest BCUT2D eigenvalue weighted by Crippen LogP contribution is 2.24. The van der Waals surface area contributed by atoms with E-state index in [2.05, 4.69) is 5.32 Å². The molecule has 27 heavy (non-hydrogen) atoms. The summed E-state index contributed by atoms with van der Waals surface area (Å²) >= 11 is 1.46. The normalized spacial score (nSPS) is 11.1. The van der Waals surface area contributed by atoms with Gasteiger partial charge >= 0.3 is 0 Å². The van der Waals surface area contributed by atoms with Gasteiger partial charge in [0.05, 0.1) is 12.4 Å². The average Bonchev–Trinajstić information content (AvgIpc) is 2.59. The van der Waals surface area contributed by atoms with E-state index in [1.807, 2.05) is 64.1 Å². The second kappa shape index (κ2) is 9.60. The molecule has 0 bridgehead atoms. The van der Waals surface area contributed by atoms with E-state index in [-0.39, 0.29) is 17.1 Å². The van der Waals surface area contributed by atoms with Crippen LogP contribution < -0.4 is 10.1 Å². The first-order chi connectivity index (χ1) is 12.8. The number of nitrogens with one attached hydrogen (secondary N) is 1. The molecule has 0 aliphatic rings. The van der Waals surface area contributed by atoms with Gasteiger partial charge in [-0.1, -0.05) is 26.8 Å². The first-order valence-corrected chi connectivity index (χ1v) is 10.0. The van der Waals surface area contributed by atoms with Crippen molar-refractivity contribution >= 4 is 29.1 Å². The highest BCUT2D eigenvalue weighted by Gasteiger charge is 2.16. The summed E-state index contributed by atoms with van der Waals surface area (Å²) in [6.07, 6.45) is 0.459. The Bertz CT molecular complexity index is 779. The predicted molar refractivity (Wildman–Crippen MR) is 112 cm³/mol. The van der Waals surface area contributed by atoms with Crippen molar-refractivity contribution in [2.45, 2.75) is 39.0 Å². The maximum Gasteiger partial charge on any atom is 0.224 e. The highest BCUT2D eigenvalue weighted by atomic mass is 32.2. The second-order valence-corrected chi connectivity index (χ2v) is 8.53. The van der Waals surface area contributed by atoms with Crippen molar-refractivity contribution in [1.29, 1.82) is 0 Å². The summed E-state index contributed by atoms with van der Waals surface area (Å²) in [4.78, 5) is 25.4. The molecule has 5 heteroatoms. The fourth-order valence-corrected chi connectivity index (χ4v) is 3.34. The summed E-state index contributed by atoms with van der Waals surface area (Å²) in [6, 6.07) is 14.8. The largest absolute Gasteiger partial charge is 0.494 e. The summed E-state index contributed by atoms with van der Waals surface area (Å²) in [5.74, 6) is 1.16. The molecule has 144 valence electrons. The molecule has 0 saturated heterocycles. The Kier molecular flexibility index (Phi) is 7.48. The lowest BCUT2D eigenvalue weighted by Gasteiger charge is -2.17. The van der Waals surface area contributed by atoms with Crippen molar-refractivity contribution in [3.8, 4) is 5.75 Å². The van der Waals surface area contributed by atoms with E-state index in [4.69, 9.17) is 4.74 Å². The van der Waals surface area contributed by atoms with Gasteiger partial charge in [-0.05, 0) is 54.8 Å². The van der Waals surface area contributed by atoms with Crippen molar-refractivity contribution in [2.75, 3.05) is 17.7 Å². The third-order valence-corrected chi connectivity index (χ3v) is 4.66. The van der Waals surface area contributed by atoms with Gasteiger partial charge in [0.2, 0.25) is 5.91 Å². The second-order valence-electron chi connectivity index (χ2n) is 7.48. The standard InChI is InChI=1S/C22H27NO3S/c1-5-26-18-11-9-16(10-12-18)20(24)15-27-19-8-6-7-17(13-19)23-21(25)14-22(2,3)4/h6-13H,5,14-15H2,1-4H3,(H,23,25). The van der Waals surface area contributed by atoms with Crippen LogP contribution in [0.25, 0.3) is 0 Å². The van der Waals surface area contributed by atoms with E-state index in [0.717, 1.165) is 16.3 Å². The van der Waals surface area contributed by atoms with Crippen molar-refractivity contribution in [1.82, 2.24) is 0 Å². The van der Waals surface area contributed by atoms with Crippen LogP contribution in [-0.4, -0.2) is 24.1 Å². The van der Waals surface area contributed by atoms with Crippen LogP contribution in [0.2, 0.25) is 0 Å². The highest BCUT2D eigenvalue weighted by molar-refractivity contribution is 8.00. The van der Waals surface area contributed by atoms with E-state index < -0.39 is 0 Å². The van der Waals surface area contributed by atoms with Crippen LogP contribution in [0.15, 0.2) is 53.4 Å². The number of hydrogen-bond acceptors (Lipinski definition) is 4. The minimum Gasteiger partial charge on any atom is -0.494 e. The number of thioether (sulfide) groups is 1. The van der Waals surface area contributed by atoms with Gasteiger partial charge in [0.1, 0.15) is 5.75 Å². The number of ether oxygens (including phenoxy) is 1. The van der Waals surface area contributed by atoms with Gasteiger partial charge < -0.3 is 10.1 Å². The average molecular weight is 386 g/mol. The molecule has 0 fully saturated rings. The first-order valence-electron chi connectivity index (χ1n) is 9.05. The Morgan fingerprint density at radius 3 is 2.41 bits per heavy atom. The molecule has 4 nitrogen and oxygen atoms in total. The monoisotopic (exact) mass is 385 g/mol. The van der Waals surface area contributed by atoms with Gasteiger partial charge in [0.15, 0.2) is 5.78 Å². The van der Waals surface area contributed by atoms with E-state index in [9.17, 15) is 9.59 Å². The van der Waals surface area contributed by atoms with Gasteiger partial charge in [0, 0.05) is 22.6 Å². The molecule has 2 aromatic carbocycles. The van der Waals surface area contributed by atoms with Crippen molar-refractivity contribution in [2.24, 2.45) is 5.41 Å². The Balaban J connectivity index is 1.92. The number of benzene rings is 2. The molecule has 0 spiro atoms. The number of Topliss-reactive ketones (excluding diaryl/α,β-unsaturated/α-hetero) is 1. The third-order valence-electron chi connectivity index (χ3n) is 3.67. The fraction of sp³-hybridized carbons (Fsp3) is 0.364. The molecule has 2 aromatic rings. The molecule has 0 saturated carbocycles. The lowest BCUT2D eigenvalue weighted by atomic mass is 9.92.